The second kappa shape index (κ2) is 7.37. The normalized spacial score (nSPS) is 9.70. The van der Waals surface area contributed by atoms with Gasteiger partial charge in [0.25, 0.3) is 0 Å². The molecule has 20 heavy (non-hydrogen) atoms. The van der Waals surface area contributed by atoms with Gasteiger partial charge in [-0.2, -0.15) is 0 Å². The van der Waals surface area contributed by atoms with Crippen LogP contribution >= 0.6 is 0 Å². The number of aliphatic hydroxyl groups excluding tert-OH is 1. The zero-order valence-corrected chi connectivity index (χ0v) is 11.6. The summed E-state index contributed by atoms with van der Waals surface area (Å²) in [6, 6.07) is 15.9. The van der Waals surface area contributed by atoms with Crippen LogP contribution in [0, 0.1) is 18.8 Å². The van der Waals surface area contributed by atoms with E-state index in [1.165, 1.54) is 11.1 Å². The number of hydrogen-bond donors (Lipinski definition) is 1. The van der Waals surface area contributed by atoms with Crippen molar-refractivity contribution in [2.45, 2.75) is 20.0 Å². The van der Waals surface area contributed by atoms with E-state index in [1.54, 1.807) is 0 Å². The first-order valence-electron chi connectivity index (χ1n) is 6.66. The third kappa shape index (κ3) is 4.15. The summed E-state index contributed by atoms with van der Waals surface area (Å²) < 4.78 is 5.80. The summed E-state index contributed by atoms with van der Waals surface area (Å²) in [5.74, 6) is 6.72. The van der Waals surface area contributed by atoms with E-state index in [4.69, 9.17) is 9.84 Å². The van der Waals surface area contributed by atoms with E-state index < -0.39 is 0 Å². The van der Waals surface area contributed by atoms with Gasteiger partial charge in [-0.05, 0) is 36.2 Å². The van der Waals surface area contributed by atoms with E-state index in [0.29, 0.717) is 13.0 Å². The van der Waals surface area contributed by atoms with E-state index in [2.05, 4.69) is 30.9 Å². The summed E-state index contributed by atoms with van der Waals surface area (Å²) >= 11 is 0. The molecule has 0 saturated carbocycles. The van der Waals surface area contributed by atoms with Gasteiger partial charge in [0.05, 0.1) is 6.61 Å². The minimum atomic E-state index is 0.0937. The predicted molar refractivity (Wildman–Crippen MR) is 80.5 cm³/mol. The molecule has 2 aromatic rings. The smallest absolute Gasteiger partial charge is 0.121 e. The molecule has 0 radical (unpaired) electrons. The van der Waals surface area contributed by atoms with Gasteiger partial charge in [-0.15, -0.1) is 0 Å². The number of aryl methyl sites for hydroxylation is 1. The molecule has 102 valence electrons. The zero-order chi connectivity index (χ0) is 14.2. The lowest BCUT2D eigenvalue weighted by molar-refractivity contribution is 0.305. The molecule has 1 N–H and O–H groups in total. The third-order valence-electron chi connectivity index (χ3n) is 2.96. The average Bonchev–Trinajstić information content (AvgIpc) is 2.47. The summed E-state index contributed by atoms with van der Waals surface area (Å²) in [6.07, 6.45) is 0.494. The third-order valence-corrected chi connectivity index (χ3v) is 2.96. The van der Waals surface area contributed by atoms with Gasteiger partial charge in [-0.3, -0.25) is 0 Å². The fourth-order valence-corrected chi connectivity index (χ4v) is 1.82. The molecule has 2 nitrogen and oxygen atoms in total. The van der Waals surface area contributed by atoms with Crippen molar-refractivity contribution in [2.75, 3.05) is 6.61 Å². The predicted octanol–water partition coefficient (Wildman–Crippen LogP) is 3.31. The molecule has 0 aliphatic heterocycles. The molecule has 0 aliphatic rings. The van der Waals surface area contributed by atoms with E-state index in [1.807, 2.05) is 36.4 Å². The van der Waals surface area contributed by atoms with Crippen molar-refractivity contribution < 1.29 is 9.84 Å². The zero-order valence-electron chi connectivity index (χ0n) is 11.6. The van der Waals surface area contributed by atoms with Gasteiger partial charge >= 0.3 is 0 Å². The Kier molecular flexibility index (Phi) is 5.23. The molecule has 0 atom stereocenters. The number of hydrogen-bond acceptors (Lipinski definition) is 2. The minimum absolute atomic E-state index is 0.0937. The molecule has 0 aromatic heterocycles. The minimum Gasteiger partial charge on any atom is -0.489 e. The molecule has 0 aliphatic carbocycles. The average molecular weight is 266 g/mol. The van der Waals surface area contributed by atoms with Gasteiger partial charge < -0.3 is 9.84 Å². The van der Waals surface area contributed by atoms with E-state index in [9.17, 15) is 0 Å². The number of benzene rings is 2. The molecule has 0 bridgehead atoms. The van der Waals surface area contributed by atoms with Crippen molar-refractivity contribution >= 4 is 0 Å². The molecule has 2 aromatic carbocycles. The summed E-state index contributed by atoms with van der Waals surface area (Å²) in [6.45, 7) is 2.73. The SMILES string of the molecule is Cc1ccccc1COc1cccc(C#CCCO)c1. The summed E-state index contributed by atoms with van der Waals surface area (Å²) in [5.41, 5.74) is 3.32. The van der Waals surface area contributed by atoms with Crippen molar-refractivity contribution in [1.29, 1.82) is 0 Å². The first-order valence-corrected chi connectivity index (χ1v) is 6.66. The Bertz CT molecular complexity index is 621. The lowest BCUT2D eigenvalue weighted by Crippen LogP contribution is -1.97. The maximum atomic E-state index is 8.71. The Morgan fingerprint density at radius 1 is 1.10 bits per heavy atom. The first-order chi connectivity index (χ1) is 9.79. The molecular formula is C18H18O2. The van der Waals surface area contributed by atoms with Crippen LogP contribution in [0.2, 0.25) is 0 Å². The van der Waals surface area contributed by atoms with Crippen molar-refractivity contribution in [3.63, 3.8) is 0 Å². The van der Waals surface area contributed by atoms with Gasteiger partial charge in [0.2, 0.25) is 0 Å². The topological polar surface area (TPSA) is 29.5 Å². The summed E-state index contributed by atoms with van der Waals surface area (Å²) in [4.78, 5) is 0. The maximum absolute atomic E-state index is 8.71. The van der Waals surface area contributed by atoms with Crippen LogP contribution in [-0.4, -0.2) is 11.7 Å². The number of rotatable bonds is 4. The van der Waals surface area contributed by atoms with Crippen LogP contribution in [0.25, 0.3) is 0 Å². The Morgan fingerprint density at radius 3 is 2.75 bits per heavy atom. The van der Waals surface area contributed by atoms with Crippen LogP contribution in [0.4, 0.5) is 0 Å². The van der Waals surface area contributed by atoms with Gasteiger partial charge in [0.1, 0.15) is 12.4 Å². The van der Waals surface area contributed by atoms with Crippen LogP contribution < -0.4 is 4.74 Å². The summed E-state index contributed by atoms with van der Waals surface area (Å²) in [7, 11) is 0. The van der Waals surface area contributed by atoms with Crippen LogP contribution in [0.1, 0.15) is 23.1 Å². The van der Waals surface area contributed by atoms with E-state index >= 15 is 0 Å². The largest absolute Gasteiger partial charge is 0.489 e. The highest BCUT2D eigenvalue weighted by Gasteiger charge is 1.99. The molecule has 0 amide bonds. The Labute approximate surface area is 120 Å². The standard InChI is InChI=1S/C18H18O2/c1-15-7-2-3-10-17(15)14-20-18-11-6-9-16(13-18)8-4-5-12-19/h2-3,6-7,9-11,13,19H,5,12,14H2,1H3. The Hall–Kier alpha value is -2.24. The van der Waals surface area contributed by atoms with Crippen LogP contribution in [0.3, 0.4) is 0 Å². The van der Waals surface area contributed by atoms with Gasteiger partial charge in [0.15, 0.2) is 0 Å². The lowest BCUT2D eigenvalue weighted by Gasteiger charge is -2.08. The molecule has 0 fully saturated rings. The summed E-state index contributed by atoms with van der Waals surface area (Å²) in [5, 5.41) is 8.71. The van der Waals surface area contributed by atoms with Crippen molar-refractivity contribution in [3.05, 3.63) is 65.2 Å². The second-order valence-electron chi connectivity index (χ2n) is 4.52. The van der Waals surface area contributed by atoms with E-state index in [-0.39, 0.29) is 6.61 Å². The highest BCUT2D eigenvalue weighted by Crippen LogP contribution is 2.16. The van der Waals surface area contributed by atoms with Gasteiger partial charge in [-0.1, -0.05) is 42.2 Å². The lowest BCUT2D eigenvalue weighted by atomic mass is 10.1. The second-order valence-corrected chi connectivity index (χ2v) is 4.52. The van der Waals surface area contributed by atoms with Crippen molar-refractivity contribution in [1.82, 2.24) is 0 Å². The Balaban J connectivity index is 2.02. The maximum Gasteiger partial charge on any atom is 0.121 e. The van der Waals surface area contributed by atoms with Crippen LogP contribution in [0.15, 0.2) is 48.5 Å². The molecule has 0 saturated heterocycles. The highest BCUT2D eigenvalue weighted by atomic mass is 16.5. The van der Waals surface area contributed by atoms with Crippen molar-refractivity contribution in [2.24, 2.45) is 0 Å². The molecule has 0 unspecified atom stereocenters. The molecular weight excluding hydrogens is 248 g/mol. The van der Waals surface area contributed by atoms with Gasteiger partial charge in [0, 0.05) is 12.0 Å². The van der Waals surface area contributed by atoms with E-state index in [0.717, 1.165) is 11.3 Å². The molecule has 2 rings (SSSR count). The fourth-order valence-electron chi connectivity index (χ4n) is 1.82. The number of ether oxygens (including phenoxy) is 1. The first kappa shape index (κ1) is 14.2. The van der Waals surface area contributed by atoms with Gasteiger partial charge in [-0.25, -0.2) is 0 Å². The molecule has 0 spiro atoms. The molecule has 0 heterocycles. The fraction of sp³-hybridized carbons (Fsp3) is 0.222. The quantitative estimate of drug-likeness (QED) is 0.860. The Morgan fingerprint density at radius 2 is 1.95 bits per heavy atom. The highest BCUT2D eigenvalue weighted by molar-refractivity contribution is 5.40. The van der Waals surface area contributed by atoms with Crippen molar-refractivity contribution in [3.8, 4) is 17.6 Å². The van der Waals surface area contributed by atoms with Crippen LogP contribution in [-0.2, 0) is 6.61 Å². The van der Waals surface area contributed by atoms with Crippen LogP contribution in [0.5, 0.6) is 5.75 Å². The number of aliphatic hydroxyl groups is 1. The molecule has 2 heteroatoms. The monoisotopic (exact) mass is 266 g/mol.